The van der Waals surface area contributed by atoms with Gasteiger partial charge in [0.15, 0.2) is 0 Å². The van der Waals surface area contributed by atoms with E-state index in [-0.39, 0.29) is 5.91 Å². The quantitative estimate of drug-likeness (QED) is 0.826. The summed E-state index contributed by atoms with van der Waals surface area (Å²) in [5, 5.41) is 3.94. The fourth-order valence-electron chi connectivity index (χ4n) is 1.31. The number of amides is 1. The first-order chi connectivity index (χ1) is 7.66. The SMILES string of the molecule is O=C(/C=C/c1c(Cl)cccc1Cl)NC1CC1. The molecule has 0 heterocycles. The van der Waals surface area contributed by atoms with Gasteiger partial charge in [-0.2, -0.15) is 0 Å². The molecule has 1 aromatic rings. The standard InChI is InChI=1S/C12H11Cl2NO/c13-10-2-1-3-11(14)9(10)6-7-12(16)15-8-4-5-8/h1-3,6-8H,4-5H2,(H,15,16)/b7-6+. The van der Waals surface area contributed by atoms with Crippen LogP contribution in [0.15, 0.2) is 24.3 Å². The largest absolute Gasteiger partial charge is 0.350 e. The lowest BCUT2D eigenvalue weighted by atomic mass is 10.2. The molecular weight excluding hydrogens is 245 g/mol. The average Bonchev–Trinajstić information content (AvgIpc) is 3.01. The van der Waals surface area contributed by atoms with Crippen LogP contribution in [0.3, 0.4) is 0 Å². The van der Waals surface area contributed by atoms with Crippen LogP contribution in [0.25, 0.3) is 6.08 Å². The summed E-state index contributed by atoms with van der Waals surface area (Å²) < 4.78 is 0. The number of rotatable bonds is 3. The predicted molar refractivity (Wildman–Crippen MR) is 66.7 cm³/mol. The highest BCUT2D eigenvalue weighted by Crippen LogP contribution is 2.25. The van der Waals surface area contributed by atoms with E-state index in [0.29, 0.717) is 21.7 Å². The van der Waals surface area contributed by atoms with Crippen LogP contribution in [0.1, 0.15) is 18.4 Å². The lowest BCUT2D eigenvalue weighted by Gasteiger charge is -2.01. The smallest absolute Gasteiger partial charge is 0.244 e. The topological polar surface area (TPSA) is 29.1 Å². The molecule has 2 nitrogen and oxygen atoms in total. The molecule has 1 aliphatic carbocycles. The minimum Gasteiger partial charge on any atom is -0.350 e. The van der Waals surface area contributed by atoms with Crippen LogP contribution in [0.5, 0.6) is 0 Å². The number of hydrogen-bond donors (Lipinski definition) is 1. The molecule has 0 spiro atoms. The van der Waals surface area contributed by atoms with Crippen molar-refractivity contribution >= 4 is 35.2 Å². The molecule has 0 saturated heterocycles. The van der Waals surface area contributed by atoms with Crippen molar-refractivity contribution in [3.63, 3.8) is 0 Å². The van der Waals surface area contributed by atoms with Crippen LogP contribution in [0, 0.1) is 0 Å². The second kappa shape index (κ2) is 4.89. The van der Waals surface area contributed by atoms with Crippen LogP contribution in [0.4, 0.5) is 0 Å². The van der Waals surface area contributed by atoms with Gasteiger partial charge in [-0.25, -0.2) is 0 Å². The zero-order valence-corrected chi connectivity index (χ0v) is 10.1. The zero-order valence-electron chi connectivity index (χ0n) is 8.54. The molecule has 1 amide bonds. The van der Waals surface area contributed by atoms with Gasteiger partial charge < -0.3 is 5.32 Å². The summed E-state index contributed by atoms with van der Waals surface area (Å²) >= 11 is 11.9. The summed E-state index contributed by atoms with van der Waals surface area (Å²) in [6.07, 6.45) is 5.26. The second-order valence-electron chi connectivity index (χ2n) is 3.75. The molecule has 1 saturated carbocycles. The summed E-state index contributed by atoms with van der Waals surface area (Å²) in [6, 6.07) is 5.61. The number of carbonyl (C=O) groups excluding carboxylic acids is 1. The van der Waals surface area contributed by atoms with Crippen LogP contribution >= 0.6 is 23.2 Å². The molecule has 16 heavy (non-hydrogen) atoms. The van der Waals surface area contributed by atoms with Crippen molar-refractivity contribution in [2.75, 3.05) is 0 Å². The van der Waals surface area contributed by atoms with Gasteiger partial charge >= 0.3 is 0 Å². The maximum atomic E-state index is 11.4. The van der Waals surface area contributed by atoms with Gasteiger partial charge in [0.25, 0.3) is 0 Å². The summed E-state index contributed by atoms with van der Waals surface area (Å²) in [7, 11) is 0. The summed E-state index contributed by atoms with van der Waals surface area (Å²) in [5.74, 6) is -0.0986. The van der Waals surface area contributed by atoms with Crippen molar-refractivity contribution in [1.82, 2.24) is 5.32 Å². The van der Waals surface area contributed by atoms with E-state index in [1.54, 1.807) is 24.3 Å². The lowest BCUT2D eigenvalue weighted by Crippen LogP contribution is -2.22. The second-order valence-corrected chi connectivity index (χ2v) is 4.57. The van der Waals surface area contributed by atoms with Crippen molar-refractivity contribution in [1.29, 1.82) is 0 Å². The Morgan fingerprint density at radius 2 is 1.94 bits per heavy atom. The van der Waals surface area contributed by atoms with E-state index in [4.69, 9.17) is 23.2 Å². The summed E-state index contributed by atoms with van der Waals surface area (Å²) in [6.45, 7) is 0. The van der Waals surface area contributed by atoms with E-state index >= 15 is 0 Å². The molecule has 4 heteroatoms. The van der Waals surface area contributed by atoms with E-state index in [9.17, 15) is 4.79 Å². The van der Waals surface area contributed by atoms with Crippen LogP contribution < -0.4 is 5.32 Å². The van der Waals surface area contributed by atoms with Gasteiger partial charge in [-0.05, 0) is 31.1 Å². The van der Waals surface area contributed by atoms with E-state index in [2.05, 4.69) is 5.32 Å². The van der Waals surface area contributed by atoms with Crippen molar-refractivity contribution in [2.45, 2.75) is 18.9 Å². The molecule has 2 rings (SSSR count). The first-order valence-corrected chi connectivity index (χ1v) is 5.85. The summed E-state index contributed by atoms with van der Waals surface area (Å²) in [5.41, 5.74) is 0.678. The lowest BCUT2D eigenvalue weighted by molar-refractivity contribution is -0.116. The fraction of sp³-hybridized carbons (Fsp3) is 0.250. The Hall–Kier alpha value is -0.990. The predicted octanol–water partition coefficient (Wildman–Crippen LogP) is 3.29. The van der Waals surface area contributed by atoms with Crippen LogP contribution in [0.2, 0.25) is 10.0 Å². The van der Waals surface area contributed by atoms with Crippen molar-refractivity contribution in [3.8, 4) is 0 Å². The highest BCUT2D eigenvalue weighted by molar-refractivity contribution is 6.37. The minimum atomic E-state index is -0.0986. The molecule has 0 radical (unpaired) electrons. The Labute approximate surface area is 104 Å². The Kier molecular flexibility index (Phi) is 3.52. The summed E-state index contributed by atoms with van der Waals surface area (Å²) in [4.78, 5) is 11.4. The maximum Gasteiger partial charge on any atom is 0.244 e. The van der Waals surface area contributed by atoms with Crippen molar-refractivity contribution < 1.29 is 4.79 Å². The third-order valence-corrected chi connectivity index (χ3v) is 2.98. The molecule has 0 aromatic heterocycles. The minimum absolute atomic E-state index is 0.0986. The molecule has 1 fully saturated rings. The van der Waals surface area contributed by atoms with Crippen LogP contribution in [-0.2, 0) is 4.79 Å². The number of hydrogen-bond acceptors (Lipinski definition) is 1. The van der Waals surface area contributed by atoms with Gasteiger partial charge in [0.2, 0.25) is 5.91 Å². The van der Waals surface area contributed by atoms with E-state index in [0.717, 1.165) is 12.8 Å². The molecule has 0 aliphatic heterocycles. The van der Waals surface area contributed by atoms with Gasteiger partial charge in [0, 0.05) is 27.7 Å². The Morgan fingerprint density at radius 1 is 1.31 bits per heavy atom. The molecule has 1 aliphatic rings. The molecular formula is C12H11Cl2NO. The Bertz CT molecular complexity index is 418. The average molecular weight is 256 g/mol. The van der Waals surface area contributed by atoms with Gasteiger partial charge in [-0.15, -0.1) is 0 Å². The van der Waals surface area contributed by atoms with Gasteiger partial charge in [-0.1, -0.05) is 29.3 Å². The van der Waals surface area contributed by atoms with E-state index in [1.807, 2.05) is 0 Å². The number of benzene rings is 1. The van der Waals surface area contributed by atoms with Crippen molar-refractivity contribution in [2.24, 2.45) is 0 Å². The first-order valence-electron chi connectivity index (χ1n) is 5.09. The Morgan fingerprint density at radius 3 is 2.50 bits per heavy atom. The van der Waals surface area contributed by atoms with Gasteiger partial charge in [-0.3, -0.25) is 4.79 Å². The molecule has 0 atom stereocenters. The zero-order chi connectivity index (χ0) is 11.5. The van der Waals surface area contributed by atoms with Gasteiger partial charge in [0.05, 0.1) is 0 Å². The van der Waals surface area contributed by atoms with Crippen LogP contribution in [-0.4, -0.2) is 11.9 Å². The highest BCUT2D eigenvalue weighted by Gasteiger charge is 2.22. The number of nitrogens with one attached hydrogen (secondary N) is 1. The van der Waals surface area contributed by atoms with Gasteiger partial charge in [0.1, 0.15) is 0 Å². The van der Waals surface area contributed by atoms with Crippen molar-refractivity contribution in [3.05, 3.63) is 39.9 Å². The van der Waals surface area contributed by atoms with E-state index < -0.39 is 0 Å². The maximum absolute atomic E-state index is 11.4. The monoisotopic (exact) mass is 255 g/mol. The van der Waals surface area contributed by atoms with E-state index in [1.165, 1.54) is 6.08 Å². The highest BCUT2D eigenvalue weighted by atomic mass is 35.5. The Balaban J connectivity index is 2.06. The molecule has 1 N–H and O–H groups in total. The normalized spacial score (nSPS) is 15.4. The molecule has 0 unspecified atom stereocenters. The molecule has 1 aromatic carbocycles. The fourth-order valence-corrected chi connectivity index (χ4v) is 1.83. The number of carbonyl (C=O) groups is 1. The number of halogens is 2. The first kappa shape index (κ1) is 11.5. The third kappa shape index (κ3) is 3.00. The third-order valence-electron chi connectivity index (χ3n) is 2.32. The molecule has 0 bridgehead atoms. The molecule has 84 valence electrons.